The van der Waals surface area contributed by atoms with Gasteiger partial charge in [0.2, 0.25) is 0 Å². The number of Topliss-reactive ketones (excluding diaryl/α,β-unsaturated/α-hetero) is 1. The van der Waals surface area contributed by atoms with Gasteiger partial charge >= 0.3 is 0 Å². The molecule has 23 heavy (non-hydrogen) atoms. The number of nitrogens with two attached hydrogens (primary N) is 1. The Kier molecular flexibility index (Phi) is 4.09. The normalized spacial score (nSPS) is 21.4. The van der Waals surface area contributed by atoms with Gasteiger partial charge in [0.05, 0.1) is 17.6 Å². The van der Waals surface area contributed by atoms with Crippen LogP contribution < -0.4 is 5.73 Å². The fraction of sp³-hybridized carbons (Fsp3) is 0.294. The van der Waals surface area contributed by atoms with Crippen molar-refractivity contribution < 1.29 is 4.79 Å². The van der Waals surface area contributed by atoms with Gasteiger partial charge in [0.25, 0.3) is 0 Å². The summed E-state index contributed by atoms with van der Waals surface area (Å²) in [6, 6.07) is 7.25. The van der Waals surface area contributed by atoms with E-state index in [-0.39, 0.29) is 5.78 Å². The molecule has 1 aliphatic carbocycles. The molecule has 0 unspecified atom stereocenters. The molecule has 0 saturated heterocycles. The molecule has 0 spiro atoms. The minimum atomic E-state index is -0.524. The third-order valence-electron chi connectivity index (χ3n) is 4.44. The van der Waals surface area contributed by atoms with Crippen LogP contribution in [0.2, 0.25) is 10.0 Å². The molecule has 1 heterocycles. The molecule has 2 aliphatic rings. The van der Waals surface area contributed by atoms with E-state index in [1.165, 1.54) is 0 Å². The number of nitriles is 1. The highest BCUT2D eigenvalue weighted by Gasteiger charge is 2.39. The third-order valence-corrected chi connectivity index (χ3v) is 5.00. The van der Waals surface area contributed by atoms with E-state index in [1.54, 1.807) is 30.1 Å². The Balaban J connectivity index is 2.27. The molecule has 0 bridgehead atoms. The van der Waals surface area contributed by atoms with Gasteiger partial charge in [-0.3, -0.25) is 4.79 Å². The summed E-state index contributed by atoms with van der Waals surface area (Å²) in [7, 11) is 1.79. The summed E-state index contributed by atoms with van der Waals surface area (Å²) in [5, 5.41) is 10.5. The number of hydrogen-bond acceptors (Lipinski definition) is 4. The van der Waals surface area contributed by atoms with Crippen molar-refractivity contribution in [3.8, 4) is 6.07 Å². The number of nitrogens with zero attached hydrogens (tertiary/aromatic N) is 2. The Morgan fingerprint density at radius 2 is 2.09 bits per heavy atom. The maximum atomic E-state index is 12.6. The zero-order valence-corrected chi connectivity index (χ0v) is 14.1. The Hall–Kier alpha value is -1.96. The van der Waals surface area contributed by atoms with Crippen molar-refractivity contribution in [2.24, 2.45) is 5.73 Å². The molecule has 2 N–H and O–H groups in total. The average molecular weight is 348 g/mol. The molecule has 1 atom stereocenters. The van der Waals surface area contributed by atoms with Crippen molar-refractivity contribution >= 4 is 29.0 Å². The molecule has 1 aromatic carbocycles. The molecule has 0 amide bonds. The second kappa shape index (κ2) is 5.92. The van der Waals surface area contributed by atoms with Crippen LogP contribution in [0.15, 0.2) is 40.9 Å². The molecule has 1 aromatic rings. The first-order chi connectivity index (χ1) is 11.0. The first-order valence-electron chi connectivity index (χ1n) is 7.30. The molecule has 0 aromatic heterocycles. The van der Waals surface area contributed by atoms with Gasteiger partial charge in [-0.05, 0) is 30.5 Å². The number of rotatable bonds is 1. The summed E-state index contributed by atoms with van der Waals surface area (Å²) in [4.78, 5) is 14.3. The van der Waals surface area contributed by atoms with Crippen molar-refractivity contribution in [2.45, 2.75) is 25.2 Å². The lowest BCUT2D eigenvalue weighted by molar-refractivity contribution is -0.116. The second-order valence-corrected chi connectivity index (χ2v) is 6.55. The molecule has 118 valence electrons. The van der Waals surface area contributed by atoms with Crippen molar-refractivity contribution in [2.75, 3.05) is 7.05 Å². The van der Waals surface area contributed by atoms with Gasteiger partial charge < -0.3 is 10.6 Å². The Labute approximate surface area is 144 Å². The van der Waals surface area contributed by atoms with Crippen LogP contribution >= 0.6 is 23.2 Å². The molecule has 6 heteroatoms. The van der Waals surface area contributed by atoms with E-state index in [1.807, 2.05) is 0 Å². The molecule has 1 aliphatic heterocycles. The van der Waals surface area contributed by atoms with Gasteiger partial charge in [0.15, 0.2) is 5.78 Å². The lowest BCUT2D eigenvalue weighted by Gasteiger charge is -2.37. The summed E-state index contributed by atoms with van der Waals surface area (Å²) in [6.07, 6.45) is 2.03. The number of benzene rings is 1. The summed E-state index contributed by atoms with van der Waals surface area (Å²) in [6.45, 7) is 0. The van der Waals surface area contributed by atoms with Crippen LogP contribution in [0.4, 0.5) is 0 Å². The van der Waals surface area contributed by atoms with Gasteiger partial charge in [-0.2, -0.15) is 5.26 Å². The average Bonchev–Trinajstić information content (AvgIpc) is 2.51. The molecule has 4 nitrogen and oxygen atoms in total. The van der Waals surface area contributed by atoms with Crippen LogP contribution in [0.5, 0.6) is 0 Å². The van der Waals surface area contributed by atoms with Gasteiger partial charge in [-0.25, -0.2) is 0 Å². The molecule has 0 fully saturated rings. The molecular formula is C17H15Cl2N3O. The smallest absolute Gasteiger partial charge is 0.161 e. The maximum absolute atomic E-state index is 12.6. The van der Waals surface area contributed by atoms with E-state index in [2.05, 4.69) is 6.07 Å². The predicted octanol–water partition coefficient (Wildman–Crippen LogP) is 3.72. The van der Waals surface area contributed by atoms with Gasteiger partial charge in [0, 0.05) is 34.8 Å². The zero-order chi connectivity index (χ0) is 16.7. The van der Waals surface area contributed by atoms with E-state index in [0.29, 0.717) is 39.0 Å². The first kappa shape index (κ1) is 15.9. The van der Waals surface area contributed by atoms with Gasteiger partial charge in [-0.1, -0.05) is 29.3 Å². The van der Waals surface area contributed by atoms with Crippen LogP contribution in [-0.4, -0.2) is 17.7 Å². The van der Waals surface area contributed by atoms with E-state index in [0.717, 1.165) is 18.5 Å². The lowest BCUT2D eigenvalue weighted by Crippen LogP contribution is -2.36. The SMILES string of the molecule is CN1C(N)=C(C#N)[C@H](c2ccc(Cl)cc2Cl)C2=C1CCCC2=O. The quantitative estimate of drug-likeness (QED) is 0.840. The minimum absolute atomic E-state index is 0.0503. The Bertz CT molecular complexity index is 805. The monoisotopic (exact) mass is 347 g/mol. The topological polar surface area (TPSA) is 70.1 Å². The van der Waals surface area contributed by atoms with Crippen molar-refractivity contribution in [3.05, 3.63) is 56.5 Å². The van der Waals surface area contributed by atoms with E-state index in [4.69, 9.17) is 28.9 Å². The summed E-state index contributed by atoms with van der Waals surface area (Å²) < 4.78 is 0. The highest BCUT2D eigenvalue weighted by Crippen LogP contribution is 2.46. The number of hydrogen-bond donors (Lipinski definition) is 1. The fourth-order valence-corrected chi connectivity index (χ4v) is 3.83. The van der Waals surface area contributed by atoms with E-state index in [9.17, 15) is 10.1 Å². The number of ketones is 1. The number of halogens is 2. The number of carbonyl (C=O) groups excluding carboxylic acids is 1. The maximum Gasteiger partial charge on any atom is 0.161 e. The van der Waals surface area contributed by atoms with Gasteiger partial charge in [0.1, 0.15) is 5.82 Å². The number of carbonyl (C=O) groups is 1. The Morgan fingerprint density at radius 1 is 1.35 bits per heavy atom. The number of allylic oxidation sites excluding steroid dienone is 3. The third kappa shape index (κ3) is 2.50. The standard InChI is InChI=1S/C17H15Cl2N3O/c1-22-13-3-2-4-14(23)16(13)15(11(8-20)17(22)21)10-6-5-9(18)7-12(10)19/h5-7,15H,2-4,21H2,1H3/t15-/m0/s1. The highest BCUT2D eigenvalue weighted by atomic mass is 35.5. The largest absolute Gasteiger partial charge is 0.384 e. The van der Waals surface area contributed by atoms with Crippen molar-refractivity contribution in [1.29, 1.82) is 5.26 Å². The highest BCUT2D eigenvalue weighted by molar-refractivity contribution is 6.35. The van der Waals surface area contributed by atoms with Crippen molar-refractivity contribution in [3.63, 3.8) is 0 Å². The molecular weight excluding hydrogens is 333 g/mol. The minimum Gasteiger partial charge on any atom is -0.384 e. The van der Waals surface area contributed by atoms with Crippen LogP contribution in [0.25, 0.3) is 0 Å². The lowest BCUT2D eigenvalue weighted by atomic mass is 9.76. The van der Waals surface area contributed by atoms with Crippen LogP contribution in [-0.2, 0) is 4.79 Å². The summed E-state index contributed by atoms with van der Waals surface area (Å²) in [5.74, 6) is -0.102. The Morgan fingerprint density at radius 3 is 2.74 bits per heavy atom. The van der Waals surface area contributed by atoms with E-state index >= 15 is 0 Å². The predicted molar refractivity (Wildman–Crippen MR) is 89.7 cm³/mol. The van der Waals surface area contributed by atoms with Crippen LogP contribution in [0.1, 0.15) is 30.7 Å². The molecule has 0 radical (unpaired) electrons. The zero-order valence-electron chi connectivity index (χ0n) is 12.6. The van der Waals surface area contributed by atoms with Crippen LogP contribution in [0, 0.1) is 11.3 Å². The van der Waals surface area contributed by atoms with Crippen molar-refractivity contribution in [1.82, 2.24) is 4.90 Å². The summed E-state index contributed by atoms with van der Waals surface area (Å²) in [5.41, 5.74) is 8.72. The molecule has 0 saturated carbocycles. The first-order valence-corrected chi connectivity index (χ1v) is 8.06. The fourth-order valence-electron chi connectivity index (χ4n) is 3.31. The van der Waals surface area contributed by atoms with Gasteiger partial charge in [-0.15, -0.1) is 0 Å². The van der Waals surface area contributed by atoms with E-state index < -0.39 is 5.92 Å². The summed E-state index contributed by atoms with van der Waals surface area (Å²) >= 11 is 12.3. The molecule has 3 rings (SSSR count). The van der Waals surface area contributed by atoms with Crippen LogP contribution in [0.3, 0.4) is 0 Å². The second-order valence-electron chi connectivity index (χ2n) is 5.71.